The maximum absolute atomic E-state index is 14.4. The monoisotopic (exact) mass is 807 g/mol. The average Bonchev–Trinajstić information content (AvgIpc) is 3.86. The van der Waals surface area contributed by atoms with Crippen LogP contribution < -0.4 is 5.32 Å². The molecular formula is C47H61N5O7. The smallest absolute Gasteiger partial charge is 0.310 e. The first kappa shape index (κ1) is 44.6. The van der Waals surface area contributed by atoms with Crippen LogP contribution in [0, 0.1) is 13.8 Å². The normalized spacial score (nSPS) is 15.4. The zero-order valence-electron chi connectivity index (χ0n) is 36.7. The Hall–Kier alpha value is -5.52. The van der Waals surface area contributed by atoms with Gasteiger partial charge in [-0.15, -0.1) is 0 Å². The van der Waals surface area contributed by atoms with Gasteiger partial charge in [-0.05, 0) is 101 Å². The van der Waals surface area contributed by atoms with Crippen molar-refractivity contribution in [1.82, 2.24) is 25.3 Å². The van der Waals surface area contributed by atoms with Crippen LogP contribution in [0.15, 0.2) is 24.3 Å². The Balaban J connectivity index is 1.88. The van der Waals surface area contributed by atoms with Crippen molar-refractivity contribution in [3.05, 3.63) is 74.9 Å². The van der Waals surface area contributed by atoms with Crippen LogP contribution in [-0.2, 0) is 46.2 Å². The van der Waals surface area contributed by atoms with Gasteiger partial charge in [0.05, 0.1) is 49.7 Å². The standard InChI is InChI=1S/C47H61N5O7/c1-12-14-15-16-17-31-27(4)34-23-36-28(5)32(18-19-40(53)57-10)44(51-36)33(22-42(55)58-11)45-43(46(56)48-21-20-41(54)59-47(7,8)9)29(6)37(52-45)25-38-30(13-2)26(3)35(49-38)24-39(31)50-34/h16-17,23-25,28,32,49-50H,12-15,18-22H2,1-11H3,(H,48,56)/b17-16+,34-23?,35-24?,36-23?,37-25?,38-25?,39-24?,44-33?,45-33?/t28-,32-/m0/s1. The van der Waals surface area contributed by atoms with Gasteiger partial charge < -0.3 is 29.5 Å². The summed E-state index contributed by atoms with van der Waals surface area (Å²) in [6.07, 6.45) is 8.59. The van der Waals surface area contributed by atoms with E-state index in [1.807, 2.05) is 13.0 Å². The Kier molecular flexibility index (Phi) is 14.4. The topological polar surface area (TPSA) is 165 Å². The summed E-state index contributed by atoms with van der Waals surface area (Å²) in [6, 6.07) is 6.16. The molecule has 2 atom stereocenters. The fraction of sp³-hybridized carbons (Fsp3) is 0.489. The number of ether oxygens (including phenoxy) is 3. The number of unbranched alkanes of at least 4 members (excludes halogenated alkanes) is 2. The number of carbonyl (C=O) groups excluding carboxylic acids is 4. The lowest BCUT2D eigenvalue weighted by Gasteiger charge is -2.19. The number of aromatic nitrogens is 4. The third-order valence-corrected chi connectivity index (χ3v) is 11.2. The highest BCUT2D eigenvalue weighted by Crippen LogP contribution is 2.44. The molecule has 316 valence electrons. The number of nitrogens with zero attached hydrogens (tertiary/aromatic N) is 2. The molecular weight excluding hydrogens is 747 g/mol. The number of rotatable bonds is 14. The number of H-pyrrole nitrogens is 2. The summed E-state index contributed by atoms with van der Waals surface area (Å²) in [4.78, 5) is 70.7. The molecule has 3 aromatic rings. The van der Waals surface area contributed by atoms with E-state index in [-0.39, 0.29) is 49.2 Å². The molecule has 8 bridgehead atoms. The van der Waals surface area contributed by atoms with Crippen molar-refractivity contribution < 1.29 is 33.4 Å². The zero-order chi connectivity index (χ0) is 43.2. The number of hydrogen-bond donors (Lipinski definition) is 3. The van der Waals surface area contributed by atoms with E-state index in [0.29, 0.717) is 34.6 Å². The van der Waals surface area contributed by atoms with Crippen LogP contribution in [-0.4, -0.2) is 70.1 Å². The van der Waals surface area contributed by atoms with E-state index in [1.54, 1.807) is 20.8 Å². The van der Waals surface area contributed by atoms with Gasteiger partial charge in [-0.2, -0.15) is 0 Å². The molecule has 0 saturated carbocycles. The van der Waals surface area contributed by atoms with Gasteiger partial charge in [0.25, 0.3) is 5.91 Å². The highest BCUT2D eigenvalue weighted by atomic mass is 16.6. The lowest BCUT2D eigenvalue weighted by atomic mass is 9.84. The predicted octanol–water partition coefficient (Wildman–Crippen LogP) is 9.03. The molecule has 12 heteroatoms. The average molecular weight is 808 g/mol. The van der Waals surface area contributed by atoms with Crippen LogP contribution in [0.4, 0.5) is 0 Å². The fourth-order valence-electron chi connectivity index (χ4n) is 7.94. The molecule has 0 aromatic carbocycles. The Morgan fingerprint density at radius 3 is 2.20 bits per heavy atom. The summed E-state index contributed by atoms with van der Waals surface area (Å²) in [5.74, 6) is -2.31. The highest BCUT2D eigenvalue weighted by Gasteiger charge is 2.36. The van der Waals surface area contributed by atoms with Crippen molar-refractivity contribution in [2.75, 3.05) is 20.8 Å². The Morgan fingerprint density at radius 2 is 1.54 bits per heavy atom. The van der Waals surface area contributed by atoms with Gasteiger partial charge in [-0.3, -0.25) is 24.2 Å². The van der Waals surface area contributed by atoms with Gasteiger partial charge in [0.1, 0.15) is 5.60 Å². The Morgan fingerprint density at radius 1 is 0.847 bits per heavy atom. The van der Waals surface area contributed by atoms with Gasteiger partial charge in [-0.1, -0.05) is 45.8 Å². The first-order chi connectivity index (χ1) is 28.0. The molecule has 5 rings (SSSR count). The first-order valence-electron chi connectivity index (χ1n) is 20.8. The number of aryl methyl sites for hydroxylation is 3. The number of hydrogen-bond acceptors (Lipinski definition) is 9. The van der Waals surface area contributed by atoms with Crippen LogP contribution in [0.1, 0.15) is 149 Å². The number of allylic oxidation sites excluding steroid dienone is 2. The van der Waals surface area contributed by atoms with E-state index in [4.69, 9.17) is 24.2 Å². The van der Waals surface area contributed by atoms with E-state index in [9.17, 15) is 19.2 Å². The second-order valence-electron chi connectivity index (χ2n) is 16.5. The molecule has 2 aliphatic rings. The molecule has 0 aliphatic carbocycles. The number of aromatic amines is 2. The summed E-state index contributed by atoms with van der Waals surface area (Å²) in [5.41, 5.74) is 10.8. The number of methoxy groups -OCH3 is 2. The van der Waals surface area contributed by atoms with Gasteiger partial charge in [0.15, 0.2) is 0 Å². The minimum absolute atomic E-state index is 0.0257. The third kappa shape index (κ3) is 10.2. The first-order valence-corrected chi connectivity index (χ1v) is 20.8. The second-order valence-corrected chi connectivity index (χ2v) is 16.5. The number of amides is 1. The van der Waals surface area contributed by atoms with Crippen molar-refractivity contribution in [2.45, 2.75) is 131 Å². The predicted molar refractivity (Wildman–Crippen MR) is 232 cm³/mol. The number of carbonyl (C=O) groups is 4. The molecule has 2 aliphatic heterocycles. The van der Waals surface area contributed by atoms with Crippen LogP contribution in [0.2, 0.25) is 0 Å². The number of esters is 3. The van der Waals surface area contributed by atoms with Crippen LogP contribution in [0.3, 0.4) is 0 Å². The highest BCUT2D eigenvalue weighted by molar-refractivity contribution is 6.27. The molecule has 5 heterocycles. The summed E-state index contributed by atoms with van der Waals surface area (Å²) >= 11 is 0. The molecule has 12 nitrogen and oxygen atoms in total. The fourth-order valence-corrected chi connectivity index (χ4v) is 7.94. The van der Waals surface area contributed by atoms with Crippen molar-refractivity contribution in [1.29, 1.82) is 0 Å². The van der Waals surface area contributed by atoms with E-state index in [2.05, 4.69) is 74.2 Å². The van der Waals surface area contributed by atoms with Crippen molar-refractivity contribution in [2.24, 2.45) is 0 Å². The van der Waals surface area contributed by atoms with E-state index in [1.165, 1.54) is 14.2 Å². The van der Waals surface area contributed by atoms with Gasteiger partial charge >= 0.3 is 17.9 Å². The van der Waals surface area contributed by atoms with E-state index >= 15 is 0 Å². The van der Waals surface area contributed by atoms with Crippen LogP contribution >= 0.6 is 0 Å². The second kappa shape index (κ2) is 19.0. The third-order valence-electron chi connectivity index (χ3n) is 11.2. The minimum Gasteiger partial charge on any atom is -0.469 e. The number of fused-ring (bicyclic) bond motifs is 8. The van der Waals surface area contributed by atoms with Crippen molar-refractivity contribution in [3.8, 4) is 0 Å². The molecule has 0 saturated heterocycles. The van der Waals surface area contributed by atoms with Gasteiger partial charge in [0.2, 0.25) is 0 Å². The maximum atomic E-state index is 14.4. The molecule has 1 amide bonds. The van der Waals surface area contributed by atoms with Crippen LogP contribution in [0.25, 0.3) is 39.3 Å². The van der Waals surface area contributed by atoms with E-state index < -0.39 is 23.4 Å². The van der Waals surface area contributed by atoms with Crippen molar-refractivity contribution >= 4 is 63.1 Å². The summed E-state index contributed by atoms with van der Waals surface area (Å²) < 4.78 is 15.8. The summed E-state index contributed by atoms with van der Waals surface area (Å²) in [7, 11) is 2.68. The maximum Gasteiger partial charge on any atom is 0.310 e. The summed E-state index contributed by atoms with van der Waals surface area (Å²) in [5, 5.41) is 2.91. The SMILES string of the molecule is CCCC/C=C/c1c(C)c2cc3nc(c(CC(=O)OC)c4nc(cc5[nH]c(cc1[nH]2)c(C)c5CC)C(C)=C4C(=O)NCCC(=O)OC(C)(C)C)[C@@H](CCC(=O)OC)[C@@H]3C. The quantitative estimate of drug-likeness (QED) is 0.0819. The molecule has 3 N–H and O–H groups in total. The molecule has 0 spiro atoms. The van der Waals surface area contributed by atoms with Crippen molar-refractivity contribution in [3.63, 3.8) is 0 Å². The molecule has 0 unspecified atom stereocenters. The van der Waals surface area contributed by atoms with E-state index in [0.717, 1.165) is 75.7 Å². The van der Waals surface area contributed by atoms with Gasteiger partial charge in [-0.25, -0.2) is 4.98 Å². The molecule has 0 radical (unpaired) electrons. The number of nitrogens with one attached hydrogen (secondary N) is 3. The largest absolute Gasteiger partial charge is 0.469 e. The zero-order valence-corrected chi connectivity index (χ0v) is 36.7. The lowest BCUT2D eigenvalue weighted by Crippen LogP contribution is -2.30. The summed E-state index contributed by atoms with van der Waals surface area (Å²) in [6.45, 7) is 17.8. The molecule has 59 heavy (non-hydrogen) atoms. The van der Waals surface area contributed by atoms with Crippen LogP contribution in [0.5, 0.6) is 0 Å². The minimum atomic E-state index is -0.667. The molecule has 0 fully saturated rings. The molecule has 3 aromatic heterocycles. The lowest BCUT2D eigenvalue weighted by molar-refractivity contribution is -0.154. The van der Waals surface area contributed by atoms with Gasteiger partial charge in [0, 0.05) is 63.7 Å². The Bertz CT molecular complexity index is 2340. The Labute approximate surface area is 347 Å².